The number of nitrogens with zero attached hydrogens (tertiary/aromatic N) is 1. The maximum absolute atomic E-state index is 2.72. The normalized spacial score (nSPS) is 13.2. The van der Waals surface area contributed by atoms with Crippen molar-refractivity contribution in [3.8, 4) is 77.9 Å². The summed E-state index contributed by atoms with van der Waals surface area (Å²) in [5.41, 5.74) is 25.3. The first-order chi connectivity index (χ1) is 34.7. The van der Waals surface area contributed by atoms with Crippen molar-refractivity contribution in [3.63, 3.8) is 0 Å². The molecule has 0 saturated heterocycles. The Labute approximate surface area is 407 Å². The first-order valence-corrected chi connectivity index (χ1v) is 24.4. The second-order valence-corrected chi connectivity index (χ2v) is 19.1. The van der Waals surface area contributed by atoms with Crippen molar-refractivity contribution >= 4 is 38.6 Å². The lowest BCUT2D eigenvalue weighted by atomic mass is 9.59. The van der Waals surface area contributed by atoms with Crippen LogP contribution in [0.4, 0.5) is 17.1 Å². The Bertz CT molecular complexity index is 3840. The van der Waals surface area contributed by atoms with Gasteiger partial charge in [0.2, 0.25) is 0 Å². The number of rotatable bonds is 7. The lowest BCUT2D eigenvalue weighted by Crippen LogP contribution is -2.39. The van der Waals surface area contributed by atoms with Gasteiger partial charge in [-0.1, -0.05) is 224 Å². The van der Waals surface area contributed by atoms with Gasteiger partial charge in [0.1, 0.15) is 0 Å². The number of fused-ring (bicyclic) bond motifs is 2. The maximum atomic E-state index is 2.72. The van der Waals surface area contributed by atoms with Crippen LogP contribution in [0.15, 0.2) is 261 Å². The molecule has 0 aromatic heterocycles. The zero-order valence-electron chi connectivity index (χ0n) is 38.3. The van der Waals surface area contributed by atoms with Crippen LogP contribution in [0, 0.1) is 0 Å². The molecule has 15 rings (SSSR count). The summed E-state index contributed by atoms with van der Waals surface area (Å²) in [6, 6.07) is 97.9. The molecular formula is C69H43N. The Balaban J connectivity index is 1.16. The van der Waals surface area contributed by atoms with E-state index >= 15 is 0 Å². The summed E-state index contributed by atoms with van der Waals surface area (Å²) in [5.74, 6) is 0. The lowest BCUT2D eigenvalue weighted by Gasteiger charge is -2.51. The van der Waals surface area contributed by atoms with E-state index < -0.39 is 5.41 Å². The molecular weight excluding hydrogens is 843 g/mol. The van der Waals surface area contributed by atoms with E-state index in [-0.39, 0.29) is 0 Å². The molecule has 0 amide bonds. The monoisotopic (exact) mass is 885 g/mol. The van der Waals surface area contributed by atoms with Gasteiger partial charge in [0.05, 0.1) is 22.5 Å². The van der Waals surface area contributed by atoms with Crippen LogP contribution in [0.3, 0.4) is 0 Å². The van der Waals surface area contributed by atoms with Crippen LogP contribution in [-0.2, 0) is 5.41 Å². The Morgan fingerprint density at radius 1 is 0.229 bits per heavy atom. The zero-order valence-corrected chi connectivity index (χ0v) is 38.3. The Morgan fingerprint density at radius 2 is 0.586 bits per heavy atom. The Kier molecular flexibility index (Phi) is 8.35. The van der Waals surface area contributed by atoms with Crippen molar-refractivity contribution in [2.75, 3.05) is 4.90 Å². The van der Waals surface area contributed by atoms with Gasteiger partial charge in [-0.25, -0.2) is 0 Å². The van der Waals surface area contributed by atoms with Gasteiger partial charge in [-0.3, -0.25) is 0 Å². The number of hydrogen-bond donors (Lipinski definition) is 0. The molecule has 0 N–H and O–H groups in total. The van der Waals surface area contributed by atoms with Crippen LogP contribution in [0.5, 0.6) is 0 Å². The number of benzene rings is 12. The minimum atomic E-state index is -0.733. The van der Waals surface area contributed by atoms with Crippen LogP contribution in [-0.4, -0.2) is 0 Å². The summed E-state index contributed by atoms with van der Waals surface area (Å²) in [4.78, 5) is 2.72. The minimum Gasteiger partial charge on any atom is -0.307 e. The van der Waals surface area contributed by atoms with E-state index in [2.05, 4.69) is 266 Å². The SMILES string of the molecule is c1ccc(-c2cccc(-c3cc4c5c6c(cccc36)-c3cc(-c6ccccc6)cc6c3N5c3c(cc(-c5cccc(-c7ccccc7)c5)c5cccc-6c35)C4(c3ccccc3)c3ccccc3)c2)cc1. The van der Waals surface area contributed by atoms with Gasteiger partial charge in [-0.2, -0.15) is 0 Å². The van der Waals surface area contributed by atoms with Crippen molar-refractivity contribution in [2.24, 2.45) is 0 Å². The van der Waals surface area contributed by atoms with E-state index in [9.17, 15) is 0 Å². The van der Waals surface area contributed by atoms with Gasteiger partial charge in [-0.05, 0) is 136 Å². The predicted octanol–water partition coefficient (Wildman–Crippen LogP) is 18.5. The van der Waals surface area contributed by atoms with Crippen molar-refractivity contribution in [3.05, 3.63) is 283 Å². The quantitative estimate of drug-likeness (QED) is 0.154. The van der Waals surface area contributed by atoms with Gasteiger partial charge in [0.25, 0.3) is 0 Å². The fourth-order valence-electron chi connectivity index (χ4n) is 12.6. The molecule has 0 unspecified atom stereocenters. The molecule has 0 aliphatic carbocycles. The standard InChI is InChI=1S/C69H43N/c1-6-20-44(21-7-1)47-26-16-28-49(38-47)58-42-62-67-64-54(58)34-18-36-56(64)60-40-51(46-24-10-3-11-25-46)41-61-57-37-19-35-55-59(50-29-17-27-48(39-50)45-22-8-2-9-23-45)43-63(68(65(55)57)70(67)66(60)61)69(62,52-30-12-4-13-31-52)53-32-14-5-15-33-53/h1-43H. The van der Waals surface area contributed by atoms with Crippen molar-refractivity contribution in [1.82, 2.24) is 0 Å². The van der Waals surface area contributed by atoms with Crippen LogP contribution >= 0.6 is 0 Å². The molecule has 324 valence electrons. The molecule has 3 aliphatic rings. The minimum absolute atomic E-state index is 0.733. The third-order valence-corrected chi connectivity index (χ3v) is 15.5. The van der Waals surface area contributed by atoms with Gasteiger partial charge >= 0.3 is 0 Å². The van der Waals surface area contributed by atoms with E-state index in [1.54, 1.807) is 0 Å². The molecule has 0 fully saturated rings. The number of hydrogen-bond acceptors (Lipinski definition) is 1. The van der Waals surface area contributed by atoms with E-state index in [0.717, 1.165) is 0 Å². The second-order valence-electron chi connectivity index (χ2n) is 19.1. The molecule has 70 heavy (non-hydrogen) atoms. The molecule has 3 aliphatic heterocycles. The maximum Gasteiger partial charge on any atom is 0.0743 e. The van der Waals surface area contributed by atoms with E-state index in [1.807, 2.05) is 0 Å². The second kappa shape index (κ2) is 15.0. The smallest absolute Gasteiger partial charge is 0.0743 e. The summed E-state index contributed by atoms with van der Waals surface area (Å²) < 4.78 is 0. The first-order valence-electron chi connectivity index (χ1n) is 24.4. The summed E-state index contributed by atoms with van der Waals surface area (Å²) in [5, 5.41) is 5.08. The molecule has 1 heteroatoms. The first kappa shape index (κ1) is 39.0. The van der Waals surface area contributed by atoms with Crippen LogP contribution in [0.1, 0.15) is 22.3 Å². The van der Waals surface area contributed by atoms with Gasteiger partial charge in [0.15, 0.2) is 0 Å². The Morgan fingerprint density at radius 3 is 1.01 bits per heavy atom. The van der Waals surface area contributed by atoms with Crippen LogP contribution in [0.25, 0.3) is 99.4 Å². The van der Waals surface area contributed by atoms with Gasteiger partial charge in [-0.15, -0.1) is 0 Å². The topological polar surface area (TPSA) is 3.24 Å². The average Bonchev–Trinajstić information content (AvgIpc) is 3.45. The van der Waals surface area contributed by atoms with Gasteiger partial charge in [0, 0.05) is 21.9 Å². The molecule has 0 radical (unpaired) electrons. The fourth-order valence-corrected chi connectivity index (χ4v) is 12.6. The molecule has 3 heterocycles. The van der Waals surface area contributed by atoms with Crippen LogP contribution < -0.4 is 4.90 Å². The van der Waals surface area contributed by atoms with Crippen molar-refractivity contribution < 1.29 is 0 Å². The van der Waals surface area contributed by atoms with E-state index in [1.165, 1.54) is 139 Å². The van der Waals surface area contributed by atoms with Crippen LogP contribution in [0.2, 0.25) is 0 Å². The van der Waals surface area contributed by atoms with Crippen molar-refractivity contribution in [2.45, 2.75) is 5.41 Å². The highest BCUT2D eigenvalue weighted by Crippen LogP contribution is 2.69. The lowest BCUT2D eigenvalue weighted by molar-refractivity contribution is 0.734. The molecule has 12 aromatic carbocycles. The highest BCUT2D eigenvalue weighted by molar-refractivity contribution is 6.28. The number of anilines is 3. The van der Waals surface area contributed by atoms with E-state index in [0.29, 0.717) is 0 Å². The molecule has 0 atom stereocenters. The zero-order chi connectivity index (χ0) is 45.9. The van der Waals surface area contributed by atoms with Gasteiger partial charge < -0.3 is 4.90 Å². The largest absolute Gasteiger partial charge is 0.307 e. The average molecular weight is 886 g/mol. The molecule has 0 bridgehead atoms. The third-order valence-electron chi connectivity index (χ3n) is 15.5. The van der Waals surface area contributed by atoms with E-state index in [4.69, 9.17) is 0 Å². The predicted molar refractivity (Wildman–Crippen MR) is 293 cm³/mol. The summed E-state index contributed by atoms with van der Waals surface area (Å²) in [6.45, 7) is 0. The highest BCUT2D eigenvalue weighted by Gasteiger charge is 2.51. The molecule has 0 saturated carbocycles. The molecule has 0 spiro atoms. The summed E-state index contributed by atoms with van der Waals surface area (Å²) in [7, 11) is 0. The fraction of sp³-hybridized carbons (Fsp3) is 0.0145. The third kappa shape index (κ3) is 5.43. The van der Waals surface area contributed by atoms with Crippen molar-refractivity contribution in [1.29, 1.82) is 0 Å². The summed E-state index contributed by atoms with van der Waals surface area (Å²) >= 11 is 0. The molecule has 1 nitrogen and oxygen atoms in total. The highest BCUT2D eigenvalue weighted by atomic mass is 15.2. The Hall–Kier alpha value is -9.04. The summed E-state index contributed by atoms with van der Waals surface area (Å²) in [6.07, 6.45) is 0. The molecule has 12 aromatic rings.